The van der Waals surface area contributed by atoms with E-state index < -0.39 is 0 Å². The van der Waals surface area contributed by atoms with Gasteiger partial charge in [-0.25, -0.2) is 0 Å². The first kappa shape index (κ1) is 17.2. The Morgan fingerprint density at radius 1 is 1.25 bits per heavy atom. The molecule has 2 N–H and O–H groups in total. The van der Waals surface area contributed by atoms with Gasteiger partial charge >= 0.3 is 0 Å². The molecule has 4 nitrogen and oxygen atoms in total. The third-order valence-electron chi connectivity index (χ3n) is 4.49. The molecule has 20 heavy (non-hydrogen) atoms. The Balaban J connectivity index is 2.74. The number of aryl methyl sites for hydroxylation is 2. The number of nitrogens with two attached hydrogens (primary N) is 1. The Kier molecular flexibility index (Phi) is 6.21. The molecule has 0 aliphatic carbocycles. The average molecular weight is 280 g/mol. The summed E-state index contributed by atoms with van der Waals surface area (Å²) >= 11 is 0. The minimum absolute atomic E-state index is 0.283. The maximum atomic E-state index is 6.15. The van der Waals surface area contributed by atoms with E-state index in [2.05, 4.69) is 63.3 Å². The summed E-state index contributed by atoms with van der Waals surface area (Å²) < 4.78 is 2.09. The molecular weight excluding hydrogens is 248 g/mol. The van der Waals surface area contributed by atoms with Crippen LogP contribution in [0.4, 0.5) is 0 Å². The van der Waals surface area contributed by atoms with Crippen LogP contribution in [0.1, 0.15) is 57.1 Å². The Bertz CT molecular complexity index is 422. The van der Waals surface area contributed by atoms with Gasteiger partial charge in [-0.3, -0.25) is 9.58 Å². The van der Waals surface area contributed by atoms with Crippen LogP contribution in [-0.4, -0.2) is 34.3 Å². The fourth-order valence-corrected chi connectivity index (χ4v) is 2.72. The highest BCUT2D eigenvalue weighted by atomic mass is 15.3. The van der Waals surface area contributed by atoms with Crippen LogP contribution in [0.2, 0.25) is 0 Å². The molecule has 0 spiro atoms. The van der Waals surface area contributed by atoms with Crippen LogP contribution in [0, 0.1) is 19.8 Å². The number of hydrogen-bond donors (Lipinski definition) is 1. The summed E-state index contributed by atoms with van der Waals surface area (Å²) in [5.41, 5.74) is 9.95. The normalized spacial score (nSPS) is 15.1. The molecule has 1 aromatic heterocycles. The second-order valence-corrected chi connectivity index (χ2v) is 6.25. The van der Waals surface area contributed by atoms with Crippen molar-refractivity contribution in [1.82, 2.24) is 14.7 Å². The van der Waals surface area contributed by atoms with E-state index in [1.54, 1.807) is 0 Å². The van der Waals surface area contributed by atoms with Gasteiger partial charge < -0.3 is 5.73 Å². The van der Waals surface area contributed by atoms with E-state index in [0.29, 0.717) is 12.0 Å². The molecule has 4 heteroatoms. The molecule has 0 saturated carbocycles. The average Bonchev–Trinajstić information content (AvgIpc) is 2.69. The molecule has 1 aromatic rings. The monoisotopic (exact) mass is 280 g/mol. The number of nitrogens with zero attached hydrogens (tertiary/aromatic N) is 3. The first-order valence-corrected chi connectivity index (χ1v) is 7.79. The van der Waals surface area contributed by atoms with Gasteiger partial charge in [-0.15, -0.1) is 0 Å². The Labute approximate surface area is 124 Å². The predicted octanol–water partition coefficient (Wildman–Crippen LogP) is 2.89. The highest BCUT2D eigenvalue weighted by Gasteiger charge is 2.21. The summed E-state index contributed by atoms with van der Waals surface area (Å²) in [5, 5.41) is 4.62. The lowest BCUT2D eigenvalue weighted by Gasteiger charge is -2.27. The van der Waals surface area contributed by atoms with Crippen LogP contribution in [0.15, 0.2) is 0 Å². The van der Waals surface area contributed by atoms with Crippen LogP contribution in [0.5, 0.6) is 0 Å². The summed E-state index contributed by atoms with van der Waals surface area (Å²) in [4.78, 5) is 2.39. The maximum Gasteiger partial charge on any atom is 0.0644 e. The molecule has 2 unspecified atom stereocenters. The summed E-state index contributed by atoms with van der Waals surface area (Å²) in [6, 6.07) is 0.667. The number of hydrogen-bond acceptors (Lipinski definition) is 3. The molecule has 0 radical (unpaired) electrons. The van der Waals surface area contributed by atoms with Crippen molar-refractivity contribution in [1.29, 1.82) is 0 Å². The van der Waals surface area contributed by atoms with Crippen molar-refractivity contribution < 1.29 is 0 Å². The van der Waals surface area contributed by atoms with Crippen molar-refractivity contribution in [2.45, 2.75) is 66.6 Å². The van der Waals surface area contributed by atoms with Gasteiger partial charge in [-0.05, 0) is 53.6 Å². The third kappa shape index (κ3) is 3.83. The third-order valence-corrected chi connectivity index (χ3v) is 4.49. The van der Waals surface area contributed by atoms with E-state index in [1.165, 1.54) is 11.3 Å². The smallest absolute Gasteiger partial charge is 0.0644 e. The molecule has 0 aliphatic rings. The van der Waals surface area contributed by atoms with E-state index in [0.717, 1.165) is 25.2 Å². The summed E-state index contributed by atoms with van der Waals surface area (Å²) in [6.07, 6.45) is 1.04. The maximum absolute atomic E-state index is 6.15. The first-order valence-electron chi connectivity index (χ1n) is 7.79. The van der Waals surface area contributed by atoms with Crippen molar-refractivity contribution in [3.63, 3.8) is 0 Å². The highest BCUT2D eigenvalue weighted by Crippen LogP contribution is 2.26. The molecule has 2 atom stereocenters. The van der Waals surface area contributed by atoms with Gasteiger partial charge in [0.15, 0.2) is 0 Å². The zero-order valence-corrected chi connectivity index (χ0v) is 14.3. The minimum Gasteiger partial charge on any atom is -0.327 e. The molecule has 1 rings (SSSR count). The van der Waals surface area contributed by atoms with Crippen LogP contribution in [-0.2, 0) is 6.54 Å². The molecule has 116 valence electrons. The predicted molar refractivity (Wildman–Crippen MR) is 85.9 cm³/mol. The Morgan fingerprint density at radius 3 is 2.30 bits per heavy atom. The lowest BCUT2D eigenvalue weighted by Crippen LogP contribution is -2.33. The lowest BCUT2D eigenvalue weighted by molar-refractivity contribution is 0.242. The second-order valence-electron chi connectivity index (χ2n) is 6.25. The molecule has 0 aromatic carbocycles. The molecular formula is C16H32N4. The van der Waals surface area contributed by atoms with Crippen LogP contribution in [0.25, 0.3) is 0 Å². The van der Waals surface area contributed by atoms with E-state index in [4.69, 9.17) is 5.73 Å². The van der Waals surface area contributed by atoms with Crippen LogP contribution >= 0.6 is 0 Å². The Hall–Kier alpha value is -0.870. The lowest BCUT2D eigenvalue weighted by atomic mass is 10.0. The van der Waals surface area contributed by atoms with E-state index in [-0.39, 0.29) is 6.04 Å². The van der Waals surface area contributed by atoms with Gasteiger partial charge in [-0.1, -0.05) is 13.8 Å². The van der Waals surface area contributed by atoms with Gasteiger partial charge in [0.05, 0.1) is 5.69 Å². The molecule has 0 saturated heterocycles. The van der Waals surface area contributed by atoms with Crippen molar-refractivity contribution >= 4 is 0 Å². The topological polar surface area (TPSA) is 47.1 Å². The van der Waals surface area contributed by atoms with Crippen LogP contribution < -0.4 is 5.73 Å². The van der Waals surface area contributed by atoms with E-state index in [1.807, 2.05) is 0 Å². The number of aromatic nitrogens is 2. The molecule has 0 amide bonds. The highest BCUT2D eigenvalue weighted by molar-refractivity contribution is 5.27. The zero-order chi connectivity index (χ0) is 15.4. The van der Waals surface area contributed by atoms with Crippen molar-refractivity contribution in [3.8, 4) is 0 Å². The Morgan fingerprint density at radius 2 is 1.85 bits per heavy atom. The zero-order valence-electron chi connectivity index (χ0n) is 14.3. The first-order chi connectivity index (χ1) is 9.29. The number of rotatable bonds is 7. The van der Waals surface area contributed by atoms with Crippen LogP contribution in [0.3, 0.4) is 0 Å². The van der Waals surface area contributed by atoms with Gasteiger partial charge in [0, 0.05) is 29.9 Å². The van der Waals surface area contributed by atoms with Gasteiger partial charge in [0.1, 0.15) is 0 Å². The van der Waals surface area contributed by atoms with E-state index >= 15 is 0 Å². The van der Waals surface area contributed by atoms with E-state index in [9.17, 15) is 0 Å². The SMILES string of the molecule is CCn1nc(C)c(C(C)N(C)CCC(N)C(C)C)c1C. The summed E-state index contributed by atoms with van der Waals surface area (Å²) in [7, 11) is 2.18. The molecule has 0 fully saturated rings. The van der Waals surface area contributed by atoms with Crippen molar-refractivity contribution in [3.05, 3.63) is 17.0 Å². The molecule has 0 aliphatic heterocycles. The fraction of sp³-hybridized carbons (Fsp3) is 0.812. The molecule has 0 bridgehead atoms. The molecule has 1 heterocycles. The second kappa shape index (κ2) is 7.23. The van der Waals surface area contributed by atoms with Crippen molar-refractivity contribution in [2.75, 3.05) is 13.6 Å². The summed E-state index contributed by atoms with van der Waals surface area (Å²) in [6.45, 7) is 15.0. The van der Waals surface area contributed by atoms with Gasteiger partial charge in [-0.2, -0.15) is 5.10 Å². The standard InChI is InChI=1S/C16H32N4/c1-8-20-14(6)16(12(4)18-20)13(5)19(7)10-9-15(17)11(2)3/h11,13,15H,8-10,17H2,1-7H3. The largest absolute Gasteiger partial charge is 0.327 e. The summed E-state index contributed by atoms with van der Waals surface area (Å²) in [5.74, 6) is 0.546. The van der Waals surface area contributed by atoms with Gasteiger partial charge in [0.25, 0.3) is 0 Å². The minimum atomic E-state index is 0.283. The van der Waals surface area contributed by atoms with Gasteiger partial charge in [0.2, 0.25) is 0 Å². The fourth-order valence-electron chi connectivity index (χ4n) is 2.72. The quantitative estimate of drug-likeness (QED) is 0.835. The van der Waals surface area contributed by atoms with Crippen molar-refractivity contribution in [2.24, 2.45) is 11.7 Å².